The number of nitriles is 1. The summed E-state index contributed by atoms with van der Waals surface area (Å²) in [6.45, 7) is 0. The Labute approximate surface area is 88.3 Å². The molecule has 0 saturated carbocycles. The molecule has 72 valence electrons. The Morgan fingerprint density at radius 2 is 2.29 bits per heavy atom. The molecule has 0 aliphatic heterocycles. The molecular formula is C11H11ClN2. The van der Waals surface area contributed by atoms with E-state index in [1.807, 2.05) is 12.1 Å². The van der Waals surface area contributed by atoms with Crippen LogP contribution in [-0.2, 0) is 6.42 Å². The van der Waals surface area contributed by atoms with Gasteiger partial charge < -0.3 is 5.73 Å². The summed E-state index contributed by atoms with van der Waals surface area (Å²) in [5.74, 6) is 0. The lowest BCUT2D eigenvalue weighted by Gasteiger charge is -2.22. The van der Waals surface area contributed by atoms with Crippen LogP contribution in [0.3, 0.4) is 0 Å². The predicted molar refractivity (Wildman–Crippen MR) is 56.0 cm³/mol. The third kappa shape index (κ3) is 1.50. The maximum atomic E-state index is 8.83. The molecule has 1 atom stereocenters. The van der Waals surface area contributed by atoms with Gasteiger partial charge in [-0.05, 0) is 42.5 Å². The van der Waals surface area contributed by atoms with Crippen LogP contribution in [0.1, 0.15) is 35.6 Å². The van der Waals surface area contributed by atoms with E-state index in [0.29, 0.717) is 10.6 Å². The number of benzene rings is 1. The molecule has 0 spiro atoms. The molecule has 0 saturated heterocycles. The van der Waals surface area contributed by atoms with E-state index < -0.39 is 0 Å². The quantitative estimate of drug-likeness (QED) is 0.709. The highest BCUT2D eigenvalue weighted by Crippen LogP contribution is 2.31. The van der Waals surface area contributed by atoms with Crippen LogP contribution in [-0.4, -0.2) is 0 Å². The maximum absolute atomic E-state index is 8.83. The van der Waals surface area contributed by atoms with E-state index in [-0.39, 0.29) is 6.04 Å². The first kappa shape index (κ1) is 9.51. The monoisotopic (exact) mass is 206 g/mol. The number of rotatable bonds is 0. The van der Waals surface area contributed by atoms with Crippen molar-refractivity contribution in [1.82, 2.24) is 0 Å². The second kappa shape index (κ2) is 3.61. The van der Waals surface area contributed by atoms with Crippen LogP contribution >= 0.6 is 11.6 Å². The largest absolute Gasteiger partial charge is 0.324 e. The van der Waals surface area contributed by atoms with Gasteiger partial charge in [-0.2, -0.15) is 5.26 Å². The van der Waals surface area contributed by atoms with Gasteiger partial charge in [0.2, 0.25) is 0 Å². The molecule has 0 fully saturated rings. The van der Waals surface area contributed by atoms with Crippen molar-refractivity contribution < 1.29 is 0 Å². The van der Waals surface area contributed by atoms with Crippen molar-refractivity contribution >= 4 is 11.6 Å². The van der Waals surface area contributed by atoms with Gasteiger partial charge in [0.15, 0.2) is 0 Å². The summed E-state index contributed by atoms with van der Waals surface area (Å²) in [6.07, 6.45) is 3.13. The smallest absolute Gasteiger partial charge is 0.101 e. The van der Waals surface area contributed by atoms with Crippen LogP contribution in [0.15, 0.2) is 12.1 Å². The highest BCUT2D eigenvalue weighted by atomic mass is 35.5. The summed E-state index contributed by atoms with van der Waals surface area (Å²) in [5.41, 5.74) is 8.79. The number of aryl methyl sites for hydroxylation is 1. The van der Waals surface area contributed by atoms with Gasteiger partial charge in [0.1, 0.15) is 6.07 Å². The highest BCUT2D eigenvalue weighted by Gasteiger charge is 2.18. The molecular weight excluding hydrogens is 196 g/mol. The van der Waals surface area contributed by atoms with Gasteiger partial charge >= 0.3 is 0 Å². The van der Waals surface area contributed by atoms with Crippen LogP contribution < -0.4 is 5.73 Å². The van der Waals surface area contributed by atoms with E-state index in [1.165, 1.54) is 5.56 Å². The zero-order chi connectivity index (χ0) is 10.1. The number of nitrogens with zero attached hydrogens (tertiary/aromatic N) is 1. The van der Waals surface area contributed by atoms with Crippen LogP contribution in [0, 0.1) is 11.3 Å². The van der Waals surface area contributed by atoms with E-state index in [4.69, 9.17) is 22.6 Å². The molecule has 2 N–H and O–H groups in total. The minimum atomic E-state index is 0.0723. The Balaban J connectivity index is 2.56. The molecule has 3 heteroatoms. The van der Waals surface area contributed by atoms with Gasteiger partial charge in [0, 0.05) is 6.04 Å². The van der Waals surface area contributed by atoms with E-state index in [1.54, 1.807) is 0 Å². The van der Waals surface area contributed by atoms with E-state index >= 15 is 0 Å². The van der Waals surface area contributed by atoms with Gasteiger partial charge in [-0.1, -0.05) is 11.6 Å². The summed E-state index contributed by atoms with van der Waals surface area (Å²) in [7, 11) is 0. The molecule has 0 heterocycles. The fourth-order valence-corrected chi connectivity index (χ4v) is 2.17. The van der Waals surface area contributed by atoms with Gasteiger partial charge in [0.05, 0.1) is 10.6 Å². The number of nitrogens with two attached hydrogens (primary N) is 1. The summed E-state index contributed by atoms with van der Waals surface area (Å²) in [6, 6.07) is 5.87. The van der Waals surface area contributed by atoms with Crippen molar-refractivity contribution in [3.8, 4) is 6.07 Å². The molecule has 1 aromatic rings. The Bertz CT molecular complexity index is 406. The van der Waals surface area contributed by atoms with Crippen LogP contribution in [0.25, 0.3) is 0 Å². The number of hydrogen-bond acceptors (Lipinski definition) is 2. The van der Waals surface area contributed by atoms with Crippen molar-refractivity contribution in [3.63, 3.8) is 0 Å². The first-order valence-electron chi connectivity index (χ1n) is 4.70. The SMILES string of the molecule is N#Cc1cc2c(cc1Cl)CCC[C@H]2N. The summed E-state index contributed by atoms with van der Waals surface area (Å²) >= 11 is 5.95. The summed E-state index contributed by atoms with van der Waals surface area (Å²) in [5, 5.41) is 9.37. The van der Waals surface area contributed by atoms with Crippen molar-refractivity contribution in [1.29, 1.82) is 5.26 Å². The Morgan fingerprint density at radius 3 is 3.00 bits per heavy atom. The lowest BCUT2D eigenvalue weighted by molar-refractivity contribution is 0.570. The van der Waals surface area contributed by atoms with Gasteiger partial charge in [-0.25, -0.2) is 0 Å². The lowest BCUT2D eigenvalue weighted by Crippen LogP contribution is -2.17. The molecule has 2 nitrogen and oxygen atoms in total. The minimum absolute atomic E-state index is 0.0723. The third-order valence-corrected chi connectivity index (χ3v) is 3.02. The van der Waals surface area contributed by atoms with Crippen LogP contribution in [0.2, 0.25) is 5.02 Å². The number of halogens is 1. The van der Waals surface area contributed by atoms with Crippen LogP contribution in [0.5, 0.6) is 0 Å². The van der Waals surface area contributed by atoms with Crippen molar-refractivity contribution in [2.45, 2.75) is 25.3 Å². The Morgan fingerprint density at radius 1 is 1.50 bits per heavy atom. The average Bonchev–Trinajstić information content (AvgIpc) is 2.17. The standard InChI is InChI=1S/C11H11ClN2/c12-10-5-7-2-1-3-11(14)9(7)4-8(10)6-13/h4-5,11H,1-3,14H2/t11-/m1/s1. The van der Waals surface area contributed by atoms with E-state index in [0.717, 1.165) is 24.8 Å². The van der Waals surface area contributed by atoms with Crippen molar-refractivity contribution in [3.05, 3.63) is 33.8 Å². The highest BCUT2D eigenvalue weighted by molar-refractivity contribution is 6.31. The van der Waals surface area contributed by atoms with Crippen LogP contribution in [0.4, 0.5) is 0 Å². The first-order chi connectivity index (χ1) is 6.72. The molecule has 0 amide bonds. The van der Waals surface area contributed by atoms with Crippen molar-refractivity contribution in [2.24, 2.45) is 5.73 Å². The summed E-state index contributed by atoms with van der Waals surface area (Å²) < 4.78 is 0. The van der Waals surface area contributed by atoms with Gasteiger partial charge in [-0.3, -0.25) is 0 Å². The zero-order valence-corrected chi connectivity index (χ0v) is 8.51. The second-order valence-electron chi connectivity index (χ2n) is 3.64. The second-order valence-corrected chi connectivity index (χ2v) is 4.05. The molecule has 0 radical (unpaired) electrons. The fourth-order valence-electron chi connectivity index (χ4n) is 1.95. The van der Waals surface area contributed by atoms with E-state index in [9.17, 15) is 0 Å². The molecule has 1 aliphatic carbocycles. The van der Waals surface area contributed by atoms with Gasteiger partial charge in [0.25, 0.3) is 0 Å². The lowest BCUT2D eigenvalue weighted by atomic mass is 9.87. The molecule has 0 bridgehead atoms. The number of fused-ring (bicyclic) bond motifs is 1. The summed E-state index contributed by atoms with van der Waals surface area (Å²) in [4.78, 5) is 0. The minimum Gasteiger partial charge on any atom is -0.324 e. The van der Waals surface area contributed by atoms with Gasteiger partial charge in [-0.15, -0.1) is 0 Å². The molecule has 2 rings (SSSR count). The predicted octanol–water partition coefficient (Wildman–Crippen LogP) is 2.55. The fraction of sp³-hybridized carbons (Fsp3) is 0.364. The average molecular weight is 207 g/mol. The molecule has 1 aliphatic rings. The Kier molecular flexibility index (Phi) is 2.45. The Hall–Kier alpha value is -1.04. The molecule has 0 unspecified atom stereocenters. The molecule has 0 aromatic heterocycles. The molecule has 1 aromatic carbocycles. The van der Waals surface area contributed by atoms with Crippen molar-refractivity contribution in [2.75, 3.05) is 0 Å². The first-order valence-corrected chi connectivity index (χ1v) is 5.08. The maximum Gasteiger partial charge on any atom is 0.101 e. The zero-order valence-electron chi connectivity index (χ0n) is 7.76. The number of hydrogen-bond donors (Lipinski definition) is 1. The third-order valence-electron chi connectivity index (χ3n) is 2.71. The molecule has 14 heavy (non-hydrogen) atoms. The van der Waals surface area contributed by atoms with E-state index in [2.05, 4.69) is 6.07 Å². The topological polar surface area (TPSA) is 49.8 Å². The normalized spacial score (nSPS) is 19.9.